The summed E-state index contributed by atoms with van der Waals surface area (Å²) in [6.45, 7) is 4.10. The van der Waals surface area contributed by atoms with Gasteiger partial charge in [0.25, 0.3) is 11.7 Å². The van der Waals surface area contributed by atoms with Crippen LogP contribution in [0, 0.1) is 12.8 Å². The van der Waals surface area contributed by atoms with Crippen LogP contribution in [0.15, 0.2) is 30.3 Å². The van der Waals surface area contributed by atoms with Gasteiger partial charge >= 0.3 is 5.91 Å². The van der Waals surface area contributed by atoms with E-state index in [0.29, 0.717) is 10.8 Å². The zero-order valence-corrected chi connectivity index (χ0v) is 15.0. The molecule has 0 aliphatic heterocycles. The van der Waals surface area contributed by atoms with Crippen LogP contribution in [-0.2, 0) is 17.6 Å². The average Bonchev–Trinajstić information content (AvgIpc) is 3.02. The second kappa shape index (κ2) is 7.19. The quantitative estimate of drug-likeness (QED) is 0.504. The first kappa shape index (κ1) is 17.4. The van der Waals surface area contributed by atoms with Crippen molar-refractivity contribution >= 4 is 28.9 Å². The standard InChI is InChI=1S/C19H20N2O3S/c1-11-3-6-13(7-4-11)17(22)19(24)21-20-18(23)16-10-14-9-12(2)5-8-15(14)25-16/h3-4,6-7,10,12H,5,8-9H2,1-2H3,(H,20,23)(H,21,24). The molecule has 1 aromatic carbocycles. The number of fused-ring (bicyclic) bond motifs is 1. The lowest BCUT2D eigenvalue weighted by Gasteiger charge is -2.16. The fraction of sp³-hybridized carbons (Fsp3) is 0.316. The van der Waals surface area contributed by atoms with E-state index >= 15 is 0 Å². The number of rotatable bonds is 3. The highest BCUT2D eigenvalue weighted by molar-refractivity contribution is 7.14. The Morgan fingerprint density at radius 3 is 2.56 bits per heavy atom. The van der Waals surface area contributed by atoms with E-state index in [1.54, 1.807) is 24.3 Å². The summed E-state index contributed by atoms with van der Waals surface area (Å²) < 4.78 is 0. The SMILES string of the molecule is Cc1ccc(C(=O)C(=O)NNC(=O)c2cc3c(s2)CCC(C)C3)cc1. The van der Waals surface area contributed by atoms with Crippen LogP contribution in [0.4, 0.5) is 0 Å². The summed E-state index contributed by atoms with van der Waals surface area (Å²) >= 11 is 1.46. The molecule has 1 atom stereocenters. The summed E-state index contributed by atoms with van der Waals surface area (Å²) in [6.07, 6.45) is 3.11. The van der Waals surface area contributed by atoms with E-state index in [1.807, 2.05) is 13.0 Å². The number of amides is 2. The number of carbonyl (C=O) groups is 3. The molecule has 2 aromatic rings. The second-order valence-electron chi connectivity index (χ2n) is 6.51. The fourth-order valence-corrected chi connectivity index (χ4v) is 3.99. The molecule has 1 aliphatic carbocycles. The summed E-state index contributed by atoms with van der Waals surface area (Å²) in [7, 11) is 0. The van der Waals surface area contributed by atoms with Crippen molar-refractivity contribution in [1.29, 1.82) is 0 Å². The number of hydrazine groups is 1. The lowest BCUT2D eigenvalue weighted by molar-refractivity contribution is -0.117. The van der Waals surface area contributed by atoms with Crippen LogP contribution >= 0.6 is 11.3 Å². The van der Waals surface area contributed by atoms with E-state index in [4.69, 9.17) is 0 Å². The molecule has 0 bridgehead atoms. The van der Waals surface area contributed by atoms with Crippen LogP contribution in [0.3, 0.4) is 0 Å². The molecular weight excluding hydrogens is 336 g/mol. The molecule has 5 nitrogen and oxygen atoms in total. The first-order valence-corrected chi connectivity index (χ1v) is 9.09. The largest absolute Gasteiger partial charge is 0.310 e. The molecule has 25 heavy (non-hydrogen) atoms. The molecule has 1 aromatic heterocycles. The lowest BCUT2D eigenvalue weighted by atomic mass is 9.90. The molecule has 1 unspecified atom stereocenters. The van der Waals surface area contributed by atoms with Crippen LogP contribution in [0.25, 0.3) is 0 Å². The van der Waals surface area contributed by atoms with Gasteiger partial charge in [0.15, 0.2) is 0 Å². The van der Waals surface area contributed by atoms with E-state index in [1.165, 1.54) is 21.8 Å². The Kier molecular flexibility index (Phi) is 4.99. The predicted molar refractivity (Wildman–Crippen MR) is 96.6 cm³/mol. The molecule has 0 spiro atoms. The second-order valence-corrected chi connectivity index (χ2v) is 7.65. The van der Waals surface area contributed by atoms with Gasteiger partial charge in [-0.1, -0.05) is 36.8 Å². The van der Waals surface area contributed by atoms with Crippen molar-refractivity contribution in [1.82, 2.24) is 10.9 Å². The number of aryl methyl sites for hydroxylation is 2. The minimum atomic E-state index is -0.854. The smallest absolute Gasteiger partial charge is 0.283 e. The fourth-order valence-electron chi connectivity index (χ4n) is 2.89. The minimum Gasteiger partial charge on any atom is -0.283 e. The van der Waals surface area contributed by atoms with E-state index in [2.05, 4.69) is 17.8 Å². The number of hydrogen-bond donors (Lipinski definition) is 2. The van der Waals surface area contributed by atoms with Gasteiger partial charge in [-0.2, -0.15) is 0 Å². The third-order valence-corrected chi connectivity index (χ3v) is 5.60. The van der Waals surface area contributed by atoms with Gasteiger partial charge in [0, 0.05) is 10.4 Å². The van der Waals surface area contributed by atoms with E-state index < -0.39 is 17.6 Å². The summed E-state index contributed by atoms with van der Waals surface area (Å²) in [5.74, 6) is -1.30. The number of carbonyl (C=O) groups excluding carboxylic acids is 3. The maximum Gasteiger partial charge on any atom is 0.310 e. The van der Waals surface area contributed by atoms with Gasteiger partial charge in [-0.25, -0.2) is 0 Å². The summed E-state index contributed by atoms with van der Waals surface area (Å²) in [4.78, 5) is 38.0. The number of hydrogen-bond acceptors (Lipinski definition) is 4. The number of thiophene rings is 1. The topological polar surface area (TPSA) is 75.3 Å². The molecule has 2 amide bonds. The number of ketones is 1. The van der Waals surface area contributed by atoms with Gasteiger partial charge < -0.3 is 0 Å². The molecule has 0 fully saturated rings. The van der Waals surface area contributed by atoms with Gasteiger partial charge in [-0.15, -0.1) is 11.3 Å². The predicted octanol–water partition coefficient (Wildman–Crippen LogP) is 2.83. The average molecular weight is 356 g/mol. The van der Waals surface area contributed by atoms with E-state index in [9.17, 15) is 14.4 Å². The highest BCUT2D eigenvalue weighted by Gasteiger charge is 2.22. The van der Waals surface area contributed by atoms with E-state index in [0.717, 1.165) is 24.8 Å². The summed E-state index contributed by atoms with van der Waals surface area (Å²) in [5, 5.41) is 0. The Hall–Kier alpha value is -2.47. The lowest BCUT2D eigenvalue weighted by Crippen LogP contribution is -2.44. The number of nitrogens with one attached hydrogen (secondary N) is 2. The maximum atomic E-state index is 12.2. The van der Waals surface area contributed by atoms with Gasteiger partial charge in [0.2, 0.25) is 0 Å². The van der Waals surface area contributed by atoms with Crippen LogP contribution in [0.1, 0.15) is 49.4 Å². The molecule has 0 saturated carbocycles. The minimum absolute atomic E-state index is 0.290. The Balaban J connectivity index is 1.59. The Bertz CT molecular complexity index is 824. The zero-order valence-electron chi connectivity index (χ0n) is 14.2. The van der Waals surface area contributed by atoms with Crippen molar-refractivity contribution < 1.29 is 14.4 Å². The monoisotopic (exact) mass is 356 g/mol. The molecule has 1 aliphatic rings. The van der Waals surface area contributed by atoms with Crippen molar-refractivity contribution in [2.75, 3.05) is 0 Å². The molecule has 1 heterocycles. The van der Waals surface area contributed by atoms with Crippen LogP contribution in [0.2, 0.25) is 0 Å². The molecule has 0 radical (unpaired) electrons. The highest BCUT2D eigenvalue weighted by Crippen LogP contribution is 2.32. The van der Waals surface area contributed by atoms with E-state index in [-0.39, 0.29) is 5.56 Å². The molecule has 2 N–H and O–H groups in total. The van der Waals surface area contributed by atoms with Crippen molar-refractivity contribution in [2.45, 2.75) is 33.1 Å². The van der Waals surface area contributed by atoms with Crippen molar-refractivity contribution in [3.63, 3.8) is 0 Å². The normalized spacial score (nSPS) is 16.0. The molecule has 3 rings (SSSR count). The first-order valence-electron chi connectivity index (χ1n) is 8.27. The Morgan fingerprint density at radius 2 is 1.84 bits per heavy atom. The Morgan fingerprint density at radius 1 is 1.12 bits per heavy atom. The third kappa shape index (κ3) is 3.96. The van der Waals surface area contributed by atoms with Gasteiger partial charge in [-0.05, 0) is 43.7 Å². The summed E-state index contributed by atoms with van der Waals surface area (Å²) in [5.41, 5.74) is 7.04. The number of benzene rings is 1. The molecule has 6 heteroatoms. The summed E-state index contributed by atoms with van der Waals surface area (Å²) in [6, 6.07) is 8.59. The van der Waals surface area contributed by atoms with Crippen LogP contribution in [0.5, 0.6) is 0 Å². The van der Waals surface area contributed by atoms with Gasteiger partial charge in [-0.3, -0.25) is 25.2 Å². The molecular formula is C19H20N2O3S. The third-order valence-electron chi connectivity index (χ3n) is 4.36. The van der Waals surface area contributed by atoms with Crippen molar-refractivity contribution in [3.05, 3.63) is 56.8 Å². The maximum absolute atomic E-state index is 12.2. The number of Topliss-reactive ketones (excluding diaryl/α,β-unsaturated/α-hetero) is 1. The molecule has 0 saturated heterocycles. The van der Waals surface area contributed by atoms with Crippen LogP contribution in [-0.4, -0.2) is 17.6 Å². The van der Waals surface area contributed by atoms with Gasteiger partial charge in [0.1, 0.15) is 0 Å². The Labute approximate surface area is 150 Å². The molecule has 130 valence electrons. The van der Waals surface area contributed by atoms with Crippen molar-refractivity contribution in [3.8, 4) is 0 Å². The highest BCUT2D eigenvalue weighted by atomic mass is 32.1. The van der Waals surface area contributed by atoms with Gasteiger partial charge in [0.05, 0.1) is 4.88 Å². The zero-order chi connectivity index (χ0) is 18.0. The van der Waals surface area contributed by atoms with Crippen LogP contribution < -0.4 is 10.9 Å². The first-order chi connectivity index (χ1) is 11.9. The van der Waals surface area contributed by atoms with Crippen molar-refractivity contribution in [2.24, 2.45) is 5.92 Å².